The van der Waals surface area contributed by atoms with E-state index in [-0.39, 0.29) is 5.54 Å². The van der Waals surface area contributed by atoms with Crippen LogP contribution in [0.3, 0.4) is 0 Å². The Morgan fingerprint density at radius 1 is 1.29 bits per heavy atom. The summed E-state index contributed by atoms with van der Waals surface area (Å²) in [5.41, 5.74) is 9.11. The molecule has 21 heavy (non-hydrogen) atoms. The molecule has 0 aromatic heterocycles. The molecule has 0 radical (unpaired) electrons. The van der Waals surface area contributed by atoms with Gasteiger partial charge in [0.15, 0.2) is 0 Å². The summed E-state index contributed by atoms with van der Waals surface area (Å²) < 4.78 is 0. The standard InChI is InChI=1S/C18H29N3/c1-3-21(16-8-6-15(2)7-9-16)18(14-19)10-12-20-11-4-5-17(20)13-18/h6-9,17H,3-5,10-14,19H2,1-2H3. The van der Waals surface area contributed by atoms with Crippen LogP contribution in [0.25, 0.3) is 0 Å². The van der Waals surface area contributed by atoms with Crippen LogP contribution in [0.1, 0.15) is 38.2 Å². The molecule has 2 heterocycles. The smallest absolute Gasteiger partial charge is 0.0551 e. The Hall–Kier alpha value is -1.06. The summed E-state index contributed by atoms with van der Waals surface area (Å²) in [5, 5.41) is 0. The molecule has 1 aromatic rings. The first-order chi connectivity index (χ1) is 10.2. The van der Waals surface area contributed by atoms with Crippen molar-refractivity contribution in [1.82, 2.24) is 4.90 Å². The van der Waals surface area contributed by atoms with Crippen molar-refractivity contribution >= 4 is 5.69 Å². The minimum Gasteiger partial charge on any atom is -0.365 e. The van der Waals surface area contributed by atoms with Crippen molar-refractivity contribution in [2.45, 2.75) is 51.1 Å². The number of hydrogen-bond donors (Lipinski definition) is 1. The quantitative estimate of drug-likeness (QED) is 0.924. The molecule has 0 spiro atoms. The zero-order chi connectivity index (χ0) is 14.9. The topological polar surface area (TPSA) is 32.5 Å². The number of hydrogen-bond acceptors (Lipinski definition) is 3. The summed E-state index contributed by atoms with van der Waals surface area (Å²) >= 11 is 0. The SMILES string of the molecule is CCN(c1ccc(C)cc1)C1(CN)CCN2CCCC2C1. The zero-order valence-corrected chi connectivity index (χ0v) is 13.5. The van der Waals surface area contributed by atoms with Gasteiger partial charge in [0.05, 0.1) is 5.54 Å². The highest BCUT2D eigenvalue weighted by Crippen LogP contribution is 2.38. The molecule has 2 fully saturated rings. The maximum atomic E-state index is 6.30. The molecular formula is C18H29N3. The molecule has 0 saturated carbocycles. The van der Waals surface area contributed by atoms with Crippen LogP contribution in [0.2, 0.25) is 0 Å². The summed E-state index contributed by atoms with van der Waals surface area (Å²) in [5.74, 6) is 0. The van der Waals surface area contributed by atoms with Crippen molar-refractivity contribution in [3.8, 4) is 0 Å². The Kier molecular flexibility index (Phi) is 4.23. The zero-order valence-electron chi connectivity index (χ0n) is 13.5. The van der Waals surface area contributed by atoms with E-state index in [0.29, 0.717) is 0 Å². The van der Waals surface area contributed by atoms with Crippen LogP contribution in [0.5, 0.6) is 0 Å². The van der Waals surface area contributed by atoms with E-state index in [4.69, 9.17) is 5.73 Å². The molecule has 2 aliphatic heterocycles. The highest BCUT2D eigenvalue weighted by Gasteiger charge is 2.44. The molecule has 0 aliphatic carbocycles. The van der Waals surface area contributed by atoms with Crippen molar-refractivity contribution in [3.05, 3.63) is 29.8 Å². The lowest BCUT2D eigenvalue weighted by Crippen LogP contribution is -2.61. The summed E-state index contributed by atoms with van der Waals surface area (Å²) in [7, 11) is 0. The van der Waals surface area contributed by atoms with Crippen LogP contribution in [0.4, 0.5) is 5.69 Å². The van der Waals surface area contributed by atoms with Gasteiger partial charge in [-0.3, -0.25) is 0 Å². The van der Waals surface area contributed by atoms with Gasteiger partial charge in [0.2, 0.25) is 0 Å². The van der Waals surface area contributed by atoms with Crippen LogP contribution >= 0.6 is 0 Å². The fraction of sp³-hybridized carbons (Fsp3) is 0.667. The number of piperidine rings is 1. The van der Waals surface area contributed by atoms with Crippen LogP contribution in [0, 0.1) is 6.92 Å². The third-order valence-corrected chi connectivity index (χ3v) is 5.59. The van der Waals surface area contributed by atoms with E-state index in [2.05, 4.69) is 47.9 Å². The van der Waals surface area contributed by atoms with E-state index < -0.39 is 0 Å². The van der Waals surface area contributed by atoms with Crippen molar-refractivity contribution in [2.75, 3.05) is 31.1 Å². The normalized spacial score (nSPS) is 29.4. The molecular weight excluding hydrogens is 258 g/mol. The summed E-state index contributed by atoms with van der Waals surface area (Å²) in [4.78, 5) is 5.25. The van der Waals surface area contributed by atoms with Crippen LogP contribution in [0.15, 0.2) is 24.3 Å². The van der Waals surface area contributed by atoms with E-state index in [1.54, 1.807) is 0 Å². The van der Waals surface area contributed by atoms with Gasteiger partial charge in [0.1, 0.15) is 0 Å². The Bertz CT molecular complexity index is 470. The number of likely N-dealkylation sites (N-methyl/N-ethyl adjacent to an activating group) is 1. The number of nitrogens with zero attached hydrogens (tertiary/aromatic N) is 2. The van der Waals surface area contributed by atoms with Gasteiger partial charge in [-0.1, -0.05) is 17.7 Å². The Morgan fingerprint density at radius 3 is 2.71 bits per heavy atom. The van der Waals surface area contributed by atoms with Crippen LogP contribution < -0.4 is 10.6 Å². The van der Waals surface area contributed by atoms with Crippen molar-refractivity contribution in [3.63, 3.8) is 0 Å². The second-order valence-electron chi connectivity index (χ2n) is 6.79. The van der Waals surface area contributed by atoms with Gasteiger partial charge in [-0.25, -0.2) is 0 Å². The van der Waals surface area contributed by atoms with Crippen molar-refractivity contribution < 1.29 is 0 Å². The van der Waals surface area contributed by atoms with Gasteiger partial charge >= 0.3 is 0 Å². The number of anilines is 1. The molecule has 3 nitrogen and oxygen atoms in total. The fourth-order valence-electron chi connectivity index (χ4n) is 4.37. The molecule has 0 amide bonds. The molecule has 2 atom stereocenters. The molecule has 3 rings (SSSR count). The van der Waals surface area contributed by atoms with Gasteiger partial charge in [0, 0.05) is 31.4 Å². The second kappa shape index (κ2) is 5.98. The first-order valence-corrected chi connectivity index (χ1v) is 8.47. The molecule has 2 unspecified atom stereocenters. The highest BCUT2D eigenvalue weighted by atomic mass is 15.3. The lowest BCUT2D eigenvalue weighted by Gasteiger charge is -2.51. The van der Waals surface area contributed by atoms with Crippen molar-refractivity contribution in [1.29, 1.82) is 0 Å². The maximum Gasteiger partial charge on any atom is 0.0551 e. The average molecular weight is 287 g/mol. The van der Waals surface area contributed by atoms with Gasteiger partial charge in [-0.05, 0) is 58.2 Å². The fourth-order valence-corrected chi connectivity index (χ4v) is 4.37. The number of aryl methyl sites for hydroxylation is 1. The molecule has 116 valence electrons. The van der Waals surface area contributed by atoms with Gasteiger partial charge in [0.25, 0.3) is 0 Å². The number of fused-ring (bicyclic) bond motifs is 1. The molecule has 2 saturated heterocycles. The Labute approximate surface area is 129 Å². The van der Waals surface area contributed by atoms with Crippen molar-refractivity contribution in [2.24, 2.45) is 5.73 Å². The second-order valence-corrected chi connectivity index (χ2v) is 6.79. The number of rotatable bonds is 4. The third-order valence-electron chi connectivity index (χ3n) is 5.59. The number of nitrogens with two attached hydrogens (primary N) is 1. The minimum absolute atomic E-state index is 0.148. The number of benzene rings is 1. The van der Waals surface area contributed by atoms with Crippen LogP contribution in [-0.4, -0.2) is 42.7 Å². The first kappa shape index (κ1) is 14.9. The van der Waals surface area contributed by atoms with Gasteiger partial charge < -0.3 is 15.5 Å². The van der Waals surface area contributed by atoms with E-state index in [0.717, 1.165) is 19.1 Å². The van der Waals surface area contributed by atoms with Gasteiger partial charge in [-0.15, -0.1) is 0 Å². The van der Waals surface area contributed by atoms with Gasteiger partial charge in [-0.2, -0.15) is 0 Å². The summed E-state index contributed by atoms with van der Waals surface area (Å²) in [6.45, 7) is 8.71. The largest absolute Gasteiger partial charge is 0.365 e. The predicted octanol–water partition coefficient (Wildman–Crippen LogP) is 2.78. The molecule has 3 heteroatoms. The highest BCUT2D eigenvalue weighted by molar-refractivity contribution is 5.50. The maximum absolute atomic E-state index is 6.30. The van der Waals surface area contributed by atoms with E-state index in [1.165, 1.54) is 50.0 Å². The predicted molar refractivity (Wildman–Crippen MR) is 89.8 cm³/mol. The first-order valence-electron chi connectivity index (χ1n) is 8.47. The lowest BCUT2D eigenvalue weighted by molar-refractivity contribution is 0.129. The molecule has 0 bridgehead atoms. The molecule has 2 aliphatic rings. The molecule has 2 N–H and O–H groups in total. The van der Waals surface area contributed by atoms with Crippen LogP contribution in [-0.2, 0) is 0 Å². The molecule has 1 aromatic carbocycles. The minimum atomic E-state index is 0.148. The Balaban J connectivity index is 1.87. The average Bonchev–Trinajstić information content (AvgIpc) is 2.97. The van der Waals surface area contributed by atoms with E-state index in [9.17, 15) is 0 Å². The van der Waals surface area contributed by atoms with E-state index >= 15 is 0 Å². The third kappa shape index (κ3) is 2.69. The summed E-state index contributed by atoms with van der Waals surface area (Å²) in [6, 6.07) is 9.70. The lowest BCUT2D eigenvalue weighted by atomic mass is 9.81. The monoisotopic (exact) mass is 287 g/mol. The Morgan fingerprint density at radius 2 is 2.05 bits per heavy atom. The summed E-state index contributed by atoms with van der Waals surface area (Å²) in [6.07, 6.45) is 5.14. The van der Waals surface area contributed by atoms with E-state index in [1.807, 2.05) is 0 Å².